The molecule has 1 unspecified atom stereocenters. The topological polar surface area (TPSA) is 6.48 Å². The van der Waals surface area contributed by atoms with Crippen LogP contribution in [0.4, 0.5) is 0 Å². The van der Waals surface area contributed by atoms with Gasteiger partial charge in [0.2, 0.25) is 0 Å². The fraction of sp³-hybridized carbons (Fsp3) is 1.00. The van der Waals surface area contributed by atoms with Crippen molar-refractivity contribution in [3.63, 3.8) is 0 Å². The summed E-state index contributed by atoms with van der Waals surface area (Å²) in [4.78, 5) is 5.00. The summed E-state index contributed by atoms with van der Waals surface area (Å²) in [6.07, 6.45) is 0. The van der Waals surface area contributed by atoms with Crippen molar-refractivity contribution in [2.45, 2.75) is 39.8 Å². The number of hydrogen-bond donors (Lipinski definition) is 0. The van der Waals surface area contributed by atoms with E-state index in [1.807, 2.05) is 0 Å². The summed E-state index contributed by atoms with van der Waals surface area (Å²) in [5.41, 5.74) is 0. The lowest BCUT2D eigenvalue weighted by Crippen LogP contribution is -2.39. The van der Waals surface area contributed by atoms with Crippen LogP contribution in [-0.2, 0) is 0 Å². The normalized spacial score (nSPS) is 27.8. The SMILES string of the molecule is CC(C)C1CN(C)CN1C(C)C. The van der Waals surface area contributed by atoms with Crippen LogP contribution >= 0.6 is 0 Å². The van der Waals surface area contributed by atoms with E-state index in [9.17, 15) is 0 Å². The van der Waals surface area contributed by atoms with Crippen molar-refractivity contribution in [2.24, 2.45) is 5.92 Å². The Bertz CT molecular complexity index is 127. The average molecular weight is 170 g/mol. The largest absolute Gasteiger partial charge is 0.292 e. The maximum absolute atomic E-state index is 2.59. The number of rotatable bonds is 2. The Labute approximate surface area is 76.5 Å². The third-order valence-electron chi connectivity index (χ3n) is 2.76. The minimum atomic E-state index is 0.683. The molecule has 72 valence electrons. The molecule has 1 atom stereocenters. The van der Waals surface area contributed by atoms with Crippen molar-refractivity contribution in [2.75, 3.05) is 20.3 Å². The molecule has 0 bridgehead atoms. The molecule has 1 rings (SSSR count). The second-order valence-corrected chi connectivity index (χ2v) is 4.60. The zero-order valence-electron chi connectivity index (χ0n) is 9.04. The first-order valence-corrected chi connectivity index (χ1v) is 4.96. The smallest absolute Gasteiger partial charge is 0.0509 e. The van der Waals surface area contributed by atoms with Crippen LogP contribution in [0, 0.1) is 5.92 Å². The highest BCUT2D eigenvalue weighted by Crippen LogP contribution is 2.20. The molecule has 0 amide bonds. The number of nitrogens with zero attached hydrogens (tertiary/aromatic N) is 2. The Hall–Kier alpha value is -0.0800. The van der Waals surface area contributed by atoms with Crippen LogP contribution in [-0.4, -0.2) is 42.1 Å². The molecule has 0 radical (unpaired) electrons. The molecule has 1 heterocycles. The first kappa shape index (κ1) is 10.0. The van der Waals surface area contributed by atoms with Gasteiger partial charge in [0.1, 0.15) is 0 Å². The van der Waals surface area contributed by atoms with Gasteiger partial charge in [-0.3, -0.25) is 9.80 Å². The van der Waals surface area contributed by atoms with Crippen molar-refractivity contribution < 1.29 is 0 Å². The Morgan fingerprint density at radius 2 is 1.75 bits per heavy atom. The van der Waals surface area contributed by atoms with Gasteiger partial charge in [0.05, 0.1) is 6.67 Å². The van der Waals surface area contributed by atoms with Crippen molar-refractivity contribution in [3.05, 3.63) is 0 Å². The number of hydrogen-bond acceptors (Lipinski definition) is 2. The van der Waals surface area contributed by atoms with Crippen LogP contribution in [0.25, 0.3) is 0 Å². The Balaban J connectivity index is 2.59. The molecule has 0 aromatic rings. The second-order valence-electron chi connectivity index (χ2n) is 4.60. The minimum Gasteiger partial charge on any atom is -0.292 e. The van der Waals surface area contributed by atoms with Crippen LogP contribution in [0.1, 0.15) is 27.7 Å². The molecule has 0 N–H and O–H groups in total. The first-order valence-electron chi connectivity index (χ1n) is 4.96. The van der Waals surface area contributed by atoms with Gasteiger partial charge >= 0.3 is 0 Å². The van der Waals surface area contributed by atoms with E-state index in [4.69, 9.17) is 0 Å². The summed E-state index contributed by atoms with van der Waals surface area (Å²) in [6.45, 7) is 11.6. The van der Waals surface area contributed by atoms with E-state index in [1.165, 1.54) is 6.54 Å². The fourth-order valence-corrected chi connectivity index (χ4v) is 2.01. The van der Waals surface area contributed by atoms with E-state index in [0.29, 0.717) is 6.04 Å². The molecule has 1 aliphatic rings. The molecule has 0 aliphatic carbocycles. The quantitative estimate of drug-likeness (QED) is 0.621. The Kier molecular flexibility index (Phi) is 3.13. The van der Waals surface area contributed by atoms with Gasteiger partial charge in [0.25, 0.3) is 0 Å². The molecule has 1 saturated heterocycles. The van der Waals surface area contributed by atoms with Gasteiger partial charge < -0.3 is 0 Å². The van der Waals surface area contributed by atoms with Gasteiger partial charge in [-0.05, 0) is 26.8 Å². The van der Waals surface area contributed by atoms with Crippen LogP contribution in [0.2, 0.25) is 0 Å². The highest BCUT2D eigenvalue weighted by molar-refractivity contribution is 4.85. The van der Waals surface area contributed by atoms with E-state index >= 15 is 0 Å². The Morgan fingerprint density at radius 1 is 1.17 bits per heavy atom. The lowest BCUT2D eigenvalue weighted by molar-refractivity contribution is 0.161. The van der Waals surface area contributed by atoms with E-state index in [0.717, 1.165) is 18.6 Å². The summed E-state index contributed by atoms with van der Waals surface area (Å²) in [5, 5.41) is 0. The molecule has 0 aromatic carbocycles. The predicted octanol–water partition coefficient (Wildman–Crippen LogP) is 1.62. The highest BCUT2D eigenvalue weighted by atomic mass is 15.4. The predicted molar refractivity (Wildman–Crippen MR) is 53.1 cm³/mol. The highest BCUT2D eigenvalue weighted by Gasteiger charge is 2.31. The van der Waals surface area contributed by atoms with Gasteiger partial charge in [0, 0.05) is 18.6 Å². The molecule has 0 aromatic heterocycles. The summed E-state index contributed by atoms with van der Waals surface area (Å²) in [7, 11) is 2.21. The average Bonchev–Trinajstić information content (AvgIpc) is 2.31. The molecular formula is C10H22N2. The van der Waals surface area contributed by atoms with Gasteiger partial charge in [-0.1, -0.05) is 13.8 Å². The maximum Gasteiger partial charge on any atom is 0.0509 e. The molecule has 0 spiro atoms. The van der Waals surface area contributed by atoms with Gasteiger partial charge in [0.15, 0.2) is 0 Å². The lowest BCUT2D eigenvalue weighted by atomic mass is 10.0. The van der Waals surface area contributed by atoms with Crippen molar-refractivity contribution in [3.8, 4) is 0 Å². The van der Waals surface area contributed by atoms with Crippen LogP contribution < -0.4 is 0 Å². The molecule has 1 aliphatic heterocycles. The van der Waals surface area contributed by atoms with Gasteiger partial charge in [-0.15, -0.1) is 0 Å². The molecule has 2 nitrogen and oxygen atoms in total. The lowest BCUT2D eigenvalue weighted by Gasteiger charge is -2.29. The van der Waals surface area contributed by atoms with Gasteiger partial charge in [-0.2, -0.15) is 0 Å². The maximum atomic E-state index is 2.59. The number of likely N-dealkylation sites (N-methyl/N-ethyl adjacent to an activating group) is 1. The minimum absolute atomic E-state index is 0.683. The van der Waals surface area contributed by atoms with E-state index in [2.05, 4.69) is 44.5 Å². The molecule has 2 heteroatoms. The molecular weight excluding hydrogens is 148 g/mol. The third-order valence-corrected chi connectivity index (χ3v) is 2.76. The van der Waals surface area contributed by atoms with E-state index < -0.39 is 0 Å². The summed E-state index contributed by atoms with van der Waals surface area (Å²) < 4.78 is 0. The zero-order valence-corrected chi connectivity index (χ0v) is 9.04. The second kappa shape index (κ2) is 3.75. The third kappa shape index (κ3) is 1.99. The van der Waals surface area contributed by atoms with Crippen LogP contribution in [0.15, 0.2) is 0 Å². The van der Waals surface area contributed by atoms with Crippen LogP contribution in [0.3, 0.4) is 0 Å². The van der Waals surface area contributed by atoms with Crippen molar-refractivity contribution >= 4 is 0 Å². The standard InChI is InChI=1S/C10H22N2/c1-8(2)10-6-11(5)7-12(10)9(3)4/h8-10H,6-7H2,1-5H3. The van der Waals surface area contributed by atoms with Crippen molar-refractivity contribution in [1.82, 2.24) is 9.80 Å². The fourth-order valence-electron chi connectivity index (χ4n) is 2.01. The van der Waals surface area contributed by atoms with E-state index in [-0.39, 0.29) is 0 Å². The monoisotopic (exact) mass is 170 g/mol. The van der Waals surface area contributed by atoms with E-state index in [1.54, 1.807) is 0 Å². The first-order chi connectivity index (χ1) is 5.52. The van der Waals surface area contributed by atoms with Crippen LogP contribution in [0.5, 0.6) is 0 Å². The molecule has 0 saturated carbocycles. The van der Waals surface area contributed by atoms with Crippen molar-refractivity contribution in [1.29, 1.82) is 0 Å². The molecule has 12 heavy (non-hydrogen) atoms. The summed E-state index contributed by atoms with van der Waals surface area (Å²) >= 11 is 0. The summed E-state index contributed by atoms with van der Waals surface area (Å²) in [5.74, 6) is 0.775. The Morgan fingerprint density at radius 3 is 2.08 bits per heavy atom. The molecule has 1 fully saturated rings. The summed E-state index contributed by atoms with van der Waals surface area (Å²) in [6, 6.07) is 1.44. The zero-order chi connectivity index (χ0) is 9.30. The van der Waals surface area contributed by atoms with Gasteiger partial charge in [-0.25, -0.2) is 0 Å².